The van der Waals surface area contributed by atoms with E-state index in [2.05, 4.69) is 68.0 Å². The van der Waals surface area contributed by atoms with E-state index in [4.69, 9.17) is 5.73 Å². The highest BCUT2D eigenvalue weighted by atomic mass is 16.6. The van der Waals surface area contributed by atoms with Crippen molar-refractivity contribution >= 4 is 11.5 Å². The van der Waals surface area contributed by atoms with Crippen molar-refractivity contribution < 1.29 is 4.63 Å². The van der Waals surface area contributed by atoms with Gasteiger partial charge in [-0.25, -0.2) is 4.63 Å². The Morgan fingerprint density at radius 3 is 2.62 bits per heavy atom. The highest BCUT2D eigenvalue weighted by Gasteiger charge is 2.25. The molecule has 0 radical (unpaired) electrons. The van der Waals surface area contributed by atoms with Crippen molar-refractivity contribution in [2.45, 2.75) is 18.9 Å². The van der Waals surface area contributed by atoms with Crippen LogP contribution in [-0.4, -0.2) is 29.4 Å². The van der Waals surface area contributed by atoms with E-state index in [1.165, 1.54) is 12.0 Å². The lowest BCUT2D eigenvalue weighted by molar-refractivity contribution is 0.310. The summed E-state index contributed by atoms with van der Waals surface area (Å²) in [7, 11) is 0. The molecule has 26 heavy (non-hydrogen) atoms. The molecule has 2 aromatic carbocycles. The SMILES string of the molecule is Nc1nonc1-c1ccc(NC2CNCCC2Cc2ccccc2)cc1. The normalized spacial score (nSPS) is 20.0. The van der Waals surface area contributed by atoms with Crippen LogP contribution in [-0.2, 0) is 6.42 Å². The number of benzene rings is 2. The van der Waals surface area contributed by atoms with Crippen LogP contribution in [0, 0.1) is 5.92 Å². The summed E-state index contributed by atoms with van der Waals surface area (Å²) in [6.45, 7) is 2.05. The van der Waals surface area contributed by atoms with Gasteiger partial charge in [0.15, 0.2) is 11.5 Å². The first-order chi connectivity index (χ1) is 12.8. The highest BCUT2D eigenvalue weighted by molar-refractivity contribution is 5.70. The van der Waals surface area contributed by atoms with E-state index >= 15 is 0 Å². The standard InChI is InChI=1S/C20H23N5O/c21-20-19(24-26-25-20)15-6-8-17(9-7-15)23-18-13-22-11-10-16(18)12-14-4-2-1-3-5-14/h1-9,16,18,22-23H,10-13H2,(H2,21,25). The second-order valence-electron chi connectivity index (χ2n) is 6.77. The van der Waals surface area contributed by atoms with Crippen LogP contribution in [0.2, 0.25) is 0 Å². The molecule has 2 unspecified atom stereocenters. The van der Waals surface area contributed by atoms with Gasteiger partial charge < -0.3 is 16.4 Å². The molecule has 2 heterocycles. The third-order valence-corrected chi connectivity index (χ3v) is 4.99. The second-order valence-corrected chi connectivity index (χ2v) is 6.77. The molecule has 4 N–H and O–H groups in total. The summed E-state index contributed by atoms with van der Waals surface area (Å²) >= 11 is 0. The Balaban J connectivity index is 1.45. The largest absolute Gasteiger partial charge is 0.381 e. The minimum Gasteiger partial charge on any atom is -0.381 e. The predicted octanol–water partition coefficient (Wildman–Crippen LogP) is 2.95. The maximum Gasteiger partial charge on any atom is 0.196 e. The van der Waals surface area contributed by atoms with Crippen molar-refractivity contribution in [3.8, 4) is 11.3 Å². The van der Waals surface area contributed by atoms with Gasteiger partial charge in [0.2, 0.25) is 0 Å². The molecule has 6 nitrogen and oxygen atoms in total. The Morgan fingerprint density at radius 2 is 1.88 bits per heavy atom. The molecule has 0 spiro atoms. The molecular weight excluding hydrogens is 326 g/mol. The van der Waals surface area contributed by atoms with E-state index in [-0.39, 0.29) is 0 Å². The Morgan fingerprint density at radius 1 is 1.08 bits per heavy atom. The van der Waals surface area contributed by atoms with E-state index in [0.717, 1.165) is 30.8 Å². The van der Waals surface area contributed by atoms with Crippen LogP contribution >= 0.6 is 0 Å². The fourth-order valence-electron chi connectivity index (χ4n) is 3.58. The number of aromatic nitrogens is 2. The molecule has 0 aliphatic carbocycles. The lowest BCUT2D eigenvalue weighted by atomic mass is 9.86. The molecule has 134 valence electrons. The molecule has 1 aliphatic heterocycles. The number of nitrogen functional groups attached to an aromatic ring is 1. The monoisotopic (exact) mass is 349 g/mol. The van der Waals surface area contributed by atoms with E-state index in [0.29, 0.717) is 23.5 Å². The predicted molar refractivity (Wildman–Crippen MR) is 103 cm³/mol. The van der Waals surface area contributed by atoms with Crippen molar-refractivity contribution in [3.05, 3.63) is 60.2 Å². The summed E-state index contributed by atoms with van der Waals surface area (Å²) in [5, 5.41) is 14.7. The Bertz CT molecular complexity index is 831. The van der Waals surface area contributed by atoms with E-state index in [1.54, 1.807) is 0 Å². The maximum absolute atomic E-state index is 5.76. The van der Waals surface area contributed by atoms with E-state index in [9.17, 15) is 0 Å². The molecule has 1 fully saturated rings. The zero-order valence-corrected chi connectivity index (χ0v) is 14.6. The van der Waals surface area contributed by atoms with Gasteiger partial charge >= 0.3 is 0 Å². The first-order valence-corrected chi connectivity index (χ1v) is 8.99. The van der Waals surface area contributed by atoms with Crippen molar-refractivity contribution in [2.75, 3.05) is 24.1 Å². The van der Waals surface area contributed by atoms with Crippen LogP contribution < -0.4 is 16.4 Å². The molecule has 0 bridgehead atoms. The first-order valence-electron chi connectivity index (χ1n) is 8.99. The third-order valence-electron chi connectivity index (χ3n) is 4.99. The molecule has 3 aromatic rings. The molecule has 1 aromatic heterocycles. The number of hydrogen-bond acceptors (Lipinski definition) is 6. The van der Waals surface area contributed by atoms with E-state index < -0.39 is 0 Å². The molecular formula is C20H23N5O. The quantitative estimate of drug-likeness (QED) is 0.656. The first kappa shape index (κ1) is 16.6. The van der Waals surface area contributed by atoms with Gasteiger partial charge in [0, 0.05) is 23.8 Å². The number of nitrogens with one attached hydrogen (secondary N) is 2. The van der Waals surface area contributed by atoms with Gasteiger partial charge in [-0.1, -0.05) is 42.5 Å². The van der Waals surface area contributed by atoms with Crippen molar-refractivity contribution in [3.63, 3.8) is 0 Å². The van der Waals surface area contributed by atoms with Gasteiger partial charge in [-0.3, -0.25) is 0 Å². The number of rotatable bonds is 5. The average Bonchev–Trinajstić information content (AvgIpc) is 3.11. The van der Waals surface area contributed by atoms with E-state index in [1.807, 2.05) is 12.1 Å². The van der Waals surface area contributed by atoms with Crippen LogP contribution in [0.15, 0.2) is 59.2 Å². The van der Waals surface area contributed by atoms with Crippen LogP contribution in [0.3, 0.4) is 0 Å². The van der Waals surface area contributed by atoms with Gasteiger partial charge in [-0.15, -0.1) is 0 Å². The Kier molecular flexibility index (Phi) is 4.84. The summed E-state index contributed by atoms with van der Waals surface area (Å²) in [5.74, 6) is 0.916. The van der Waals surface area contributed by atoms with Crippen LogP contribution in [0.4, 0.5) is 11.5 Å². The number of piperidine rings is 1. The minimum atomic E-state index is 0.310. The number of hydrogen-bond donors (Lipinski definition) is 3. The molecule has 0 amide bonds. The topological polar surface area (TPSA) is 89.0 Å². The lowest BCUT2D eigenvalue weighted by Crippen LogP contribution is -2.45. The van der Waals surface area contributed by atoms with Crippen LogP contribution in [0.5, 0.6) is 0 Å². The number of anilines is 2. The van der Waals surface area contributed by atoms with Crippen molar-refractivity contribution in [1.82, 2.24) is 15.6 Å². The smallest absolute Gasteiger partial charge is 0.196 e. The fraction of sp³-hybridized carbons (Fsp3) is 0.300. The number of nitrogens with zero attached hydrogens (tertiary/aromatic N) is 2. The van der Waals surface area contributed by atoms with Gasteiger partial charge in [-0.05, 0) is 53.3 Å². The molecule has 0 saturated carbocycles. The maximum atomic E-state index is 5.76. The summed E-state index contributed by atoms with van der Waals surface area (Å²) < 4.78 is 4.67. The van der Waals surface area contributed by atoms with Gasteiger partial charge in [0.1, 0.15) is 0 Å². The van der Waals surface area contributed by atoms with Crippen LogP contribution in [0.1, 0.15) is 12.0 Å². The fourth-order valence-corrected chi connectivity index (χ4v) is 3.58. The minimum absolute atomic E-state index is 0.310. The molecule has 6 heteroatoms. The van der Waals surface area contributed by atoms with Crippen molar-refractivity contribution in [1.29, 1.82) is 0 Å². The van der Waals surface area contributed by atoms with Gasteiger partial charge in [0.05, 0.1) is 0 Å². The molecule has 4 rings (SSSR count). The highest BCUT2D eigenvalue weighted by Crippen LogP contribution is 2.26. The van der Waals surface area contributed by atoms with Crippen molar-refractivity contribution in [2.24, 2.45) is 5.92 Å². The summed E-state index contributed by atoms with van der Waals surface area (Å²) in [5.41, 5.74) is 9.73. The Hall–Kier alpha value is -2.86. The average molecular weight is 349 g/mol. The summed E-state index contributed by atoms with van der Waals surface area (Å²) in [4.78, 5) is 0. The zero-order valence-electron chi connectivity index (χ0n) is 14.6. The molecule has 1 aliphatic rings. The summed E-state index contributed by atoms with van der Waals surface area (Å²) in [6.07, 6.45) is 2.27. The van der Waals surface area contributed by atoms with Crippen LogP contribution in [0.25, 0.3) is 11.3 Å². The number of nitrogens with two attached hydrogens (primary N) is 1. The van der Waals surface area contributed by atoms with Gasteiger partial charge in [0.25, 0.3) is 0 Å². The Labute approximate surface area is 152 Å². The molecule has 1 saturated heterocycles. The lowest BCUT2D eigenvalue weighted by Gasteiger charge is -2.33. The van der Waals surface area contributed by atoms with Gasteiger partial charge in [-0.2, -0.15) is 0 Å². The second kappa shape index (κ2) is 7.58. The molecule has 2 atom stereocenters. The third kappa shape index (κ3) is 3.70. The summed E-state index contributed by atoms with van der Waals surface area (Å²) in [6, 6.07) is 19.2. The zero-order chi connectivity index (χ0) is 17.8.